The highest BCUT2D eigenvalue weighted by atomic mass is 32.2. The van der Waals surface area contributed by atoms with Crippen molar-refractivity contribution in [2.75, 3.05) is 19.6 Å². The highest BCUT2D eigenvalue weighted by Crippen LogP contribution is 2.26. The fraction of sp³-hybridized carbons (Fsp3) is 0.667. The molecule has 1 amide bonds. The van der Waals surface area contributed by atoms with Gasteiger partial charge in [0.1, 0.15) is 0 Å². The number of rotatable bonds is 7. The average Bonchev–Trinajstić information content (AvgIpc) is 3.02. The first-order valence-electron chi connectivity index (χ1n) is 10.4. The number of hydrogen-bond acceptors (Lipinski definition) is 4. The molecule has 0 bridgehead atoms. The zero-order valence-electron chi connectivity index (χ0n) is 17.2. The molecular formula is C21H33N3O3S. The van der Waals surface area contributed by atoms with Gasteiger partial charge in [-0.3, -0.25) is 4.79 Å². The van der Waals surface area contributed by atoms with Crippen molar-refractivity contribution >= 4 is 15.9 Å². The molecule has 3 rings (SSSR count). The van der Waals surface area contributed by atoms with E-state index in [1.165, 1.54) is 6.92 Å². The van der Waals surface area contributed by atoms with Crippen LogP contribution in [0.3, 0.4) is 0 Å². The third-order valence-electron chi connectivity index (χ3n) is 6.05. The molecule has 1 aromatic carbocycles. The summed E-state index contributed by atoms with van der Waals surface area (Å²) in [6, 6.07) is 5.98. The number of carbonyl (C=O) groups excluding carboxylic acids is 1. The van der Waals surface area contributed by atoms with E-state index in [1.54, 1.807) is 12.1 Å². The van der Waals surface area contributed by atoms with Crippen molar-refractivity contribution in [1.29, 1.82) is 0 Å². The lowest BCUT2D eigenvalue weighted by Gasteiger charge is -2.34. The summed E-state index contributed by atoms with van der Waals surface area (Å²) in [7, 11) is -3.50. The fourth-order valence-corrected chi connectivity index (χ4v) is 5.49. The lowest BCUT2D eigenvalue weighted by atomic mass is 9.93. The number of sulfonamides is 1. The van der Waals surface area contributed by atoms with Crippen LogP contribution in [0, 0.1) is 5.92 Å². The molecule has 1 atom stereocenters. The molecule has 1 saturated heterocycles. The van der Waals surface area contributed by atoms with Crippen LogP contribution in [0.15, 0.2) is 23.1 Å². The van der Waals surface area contributed by atoms with Gasteiger partial charge in [0.15, 0.2) is 0 Å². The Kier molecular flexibility index (Phi) is 6.78. The second kappa shape index (κ2) is 8.93. The topological polar surface area (TPSA) is 78.5 Å². The van der Waals surface area contributed by atoms with Crippen LogP contribution in [0.2, 0.25) is 0 Å². The fourth-order valence-electron chi connectivity index (χ4n) is 4.39. The van der Waals surface area contributed by atoms with Crippen molar-refractivity contribution in [1.82, 2.24) is 14.9 Å². The molecule has 0 aromatic heterocycles. The zero-order valence-corrected chi connectivity index (χ0v) is 18.0. The summed E-state index contributed by atoms with van der Waals surface area (Å²) in [6.45, 7) is 8.66. The van der Waals surface area contributed by atoms with Gasteiger partial charge in [-0.05, 0) is 88.2 Å². The van der Waals surface area contributed by atoms with E-state index in [2.05, 4.69) is 28.8 Å². The van der Waals surface area contributed by atoms with E-state index >= 15 is 0 Å². The Hall–Kier alpha value is -1.44. The summed E-state index contributed by atoms with van der Waals surface area (Å²) < 4.78 is 28.2. The van der Waals surface area contributed by atoms with E-state index in [0.29, 0.717) is 29.8 Å². The minimum Gasteiger partial charge on any atom is -0.353 e. The number of nitrogens with one attached hydrogen (secondary N) is 2. The van der Waals surface area contributed by atoms with Crippen LogP contribution < -0.4 is 10.0 Å². The normalized spacial score (nSPS) is 21.1. The number of carbonyl (C=O) groups is 1. The summed E-state index contributed by atoms with van der Waals surface area (Å²) in [5.74, 6) is 0.544. The van der Waals surface area contributed by atoms with Gasteiger partial charge in [0.2, 0.25) is 15.9 Å². The number of nitrogens with zero attached hydrogens (tertiary/aromatic N) is 1. The molecule has 7 heteroatoms. The average molecular weight is 408 g/mol. The van der Waals surface area contributed by atoms with E-state index in [4.69, 9.17) is 0 Å². The van der Waals surface area contributed by atoms with Gasteiger partial charge in [-0.1, -0.05) is 6.07 Å². The highest BCUT2D eigenvalue weighted by molar-refractivity contribution is 7.89. The molecule has 1 aromatic rings. The first-order chi connectivity index (χ1) is 13.2. The second-order valence-corrected chi connectivity index (χ2v) is 10.3. The minimum absolute atomic E-state index is 0.0495. The summed E-state index contributed by atoms with van der Waals surface area (Å²) in [4.78, 5) is 14.1. The van der Waals surface area contributed by atoms with E-state index in [0.717, 1.165) is 49.9 Å². The van der Waals surface area contributed by atoms with Gasteiger partial charge in [0.25, 0.3) is 0 Å². The van der Waals surface area contributed by atoms with E-state index in [-0.39, 0.29) is 11.9 Å². The molecule has 1 unspecified atom stereocenters. The van der Waals surface area contributed by atoms with Gasteiger partial charge >= 0.3 is 0 Å². The lowest BCUT2D eigenvalue weighted by Crippen LogP contribution is -2.39. The maximum atomic E-state index is 12.7. The van der Waals surface area contributed by atoms with Gasteiger partial charge in [0.05, 0.1) is 4.90 Å². The van der Waals surface area contributed by atoms with Crippen molar-refractivity contribution in [2.45, 2.75) is 69.9 Å². The smallest absolute Gasteiger partial charge is 0.240 e. The molecule has 6 nitrogen and oxygen atoms in total. The summed E-state index contributed by atoms with van der Waals surface area (Å²) in [5.41, 5.74) is 2.14. The maximum absolute atomic E-state index is 12.7. The van der Waals surface area contributed by atoms with Crippen molar-refractivity contribution in [3.63, 3.8) is 0 Å². The molecule has 1 heterocycles. The van der Waals surface area contributed by atoms with Gasteiger partial charge in [-0.2, -0.15) is 0 Å². The van der Waals surface area contributed by atoms with Crippen molar-refractivity contribution in [2.24, 2.45) is 5.92 Å². The van der Waals surface area contributed by atoms with Crippen molar-refractivity contribution in [3.05, 3.63) is 29.3 Å². The van der Waals surface area contributed by atoms with Crippen molar-refractivity contribution < 1.29 is 13.2 Å². The van der Waals surface area contributed by atoms with Crippen LogP contribution >= 0.6 is 0 Å². The first kappa shape index (κ1) is 21.3. The summed E-state index contributed by atoms with van der Waals surface area (Å²) in [5, 5.41) is 2.92. The third kappa shape index (κ3) is 5.33. The molecule has 2 aliphatic rings. The number of fused-ring (bicyclic) bond motifs is 1. The lowest BCUT2D eigenvalue weighted by molar-refractivity contribution is -0.119. The number of benzene rings is 1. The molecule has 0 spiro atoms. The predicted molar refractivity (Wildman–Crippen MR) is 111 cm³/mol. The molecule has 0 saturated carbocycles. The second-order valence-electron chi connectivity index (χ2n) is 8.50. The van der Waals surface area contributed by atoms with Crippen LogP contribution in [0.4, 0.5) is 0 Å². The van der Waals surface area contributed by atoms with Gasteiger partial charge in [-0.15, -0.1) is 0 Å². The Labute approximate surface area is 169 Å². The third-order valence-corrected chi connectivity index (χ3v) is 7.51. The van der Waals surface area contributed by atoms with Crippen LogP contribution in [-0.2, 0) is 27.7 Å². The predicted octanol–water partition coefficient (Wildman–Crippen LogP) is 2.08. The van der Waals surface area contributed by atoms with Crippen molar-refractivity contribution in [3.8, 4) is 0 Å². The van der Waals surface area contributed by atoms with E-state index in [1.807, 2.05) is 6.07 Å². The molecule has 28 heavy (non-hydrogen) atoms. The van der Waals surface area contributed by atoms with Crippen LogP contribution in [0.25, 0.3) is 0 Å². The standard InChI is InChI=1S/C21H33N3O3S/c1-15(2)24-10-7-17(8-11-24)6-9-22-28(26,27)21-5-4-18-12-20(23-16(3)25)13-19(18)14-21/h4-5,14-15,17,20,22H,6-13H2,1-3H3,(H,23,25). The van der Waals surface area contributed by atoms with E-state index in [9.17, 15) is 13.2 Å². The number of hydrogen-bond donors (Lipinski definition) is 2. The number of likely N-dealkylation sites (tertiary alicyclic amines) is 1. The largest absolute Gasteiger partial charge is 0.353 e. The van der Waals surface area contributed by atoms with Crippen LogP contribution in [0.1, 0.15) is 51.2 Å². The number of amides is 1. The minimum atomic E-state index is -3.50. The number of piperidine rings is 1. The molecule has 2 N–H and O–H groups in total. The monoisotopic (exact) mass is 407 g/mol. The zero-order chi connectivity index (χ0) is 20.3. The Morgan fingerprint density at radius 1 is 1.18 bits per heavy atom. The first-order valence-corrected chi connectivity index (χ1v) is 11.9. The molecule has 156 valence electrons. The van der Waals surface area contributed by atoms with Crippen LogP contribution in [-0.4, -0.2) is 50.9 Å². The Bertz CT molecular complexity index is 799. The van der Waals surface area contributed by atoms with E-state index < -0.39 is 10.0 Å². The Balaban J connectivity index is 1.51. The van der Waals surface area contributed by atoms with Crippen LogP contribution in [0.5, 0.6) is 0 Å². The van der Waals surface area contributed by atoms with Gasteiger partial charge < -0.3 is 10.2 Å². The summed E-state index contributed by atoms with van der Waals surface area (Å²) >= 11 is 0. The Morgan fingerprint density at radius 3 is 2.50 bits per heavy atom. The molecule has 0 radical (unpaired) electrons. The molecule has 1 aliphatic carbocycles. The van der Waals surface area contributed by atoms with Gasteiger partial charge in [-0.25, -0.2) is 13.1 Å². The van der Waals surface area contributed by atoms with Gasteiger partial charge in [0, 0.05) is 25.6 Å². The SMILES string of the molecule is CC(=O)NC1Cc2ccc(S(=O)(=O)NCCC3CCN(C(C)C)CC3)cc2C1. The Morgan fingerprint density at radius 2 is 1.86 bits per heavy atom. The molecule has 1 aliphatic heterocycles. The quantitative estimate of drug-likeness (QED) is 0.725. The molecular weight excluding hydrogens is 374 g/mol. The molecule has 1 fully saturated rings. The maximum Gasteiger partial charge on any atom is 0.240 e. The highest BCUT2D eigenvalue weighted by Gasteiger charge is 2.25. The summed E-state index contributed by atoms with van der Waals surface area (Å²) in [6.07, 6.45) is 4.62.